The first-order chi connectivity index (χ1) is 19.7. The minimum atomic E-state index is -4.81. The Morgan fingerprint density at radius 1 is 1.00 bits per heavy atom. The number of nitrogens with zero attached hydrogens (tertiary/aromatic N) is 2. The van der Waals surface area contributed by atoms with Crippen LogP contribution in [0.15, 0.2) is 77.6 Å². The normalized spacial score (nSPS) is 13.0. The molecule has 42 heavy (non-hydrogen) atoms. The Morgan fingerprint density at radius 2 is 1.67 bits per heavy atom. The van der Waals surface area contributed by atoms with Crippen LogP contribution in [0.25, 0.3) is 17.3 Å². The Labute approximate surface area is 247 Å². The molecule has 0 radical (unpaired) electrons. The van der Waals surface area contributed by atoms with Gasteiger partial charge < -0.3 is 5.32 Å². The molecule has 3 aromatic carbocycles. The molecule has 214 valence electrons. The second-order valence-electron chi connectivity index (χ2n) is 10.2. The summed E-state index contributed by atoms with van der Waals surface area (Å²) >= 11 is 6.62. The number of amides is 1. The number of thiazole rings is 1. The summed E-state index contributed by atoms with van der Waals surface area (Å²) in [6, 6.07) is 19.0. The molecule has 0 bridgehead atoms. The van der Waals surface area contributed by atoms with Gasteiger partial charge in [-0.25, -0.2) is 0 Å². The number of halogens is 4. The van der Waals surface area contributed by atoms with E-state index in [0.717, 1.165) is 28.0 Å². The van der Waals surface area contributed by atoms with Gasteiger partial charge >= 0.3 is 6.18 Å². The van der Waals surface area contributed by atoms with Crippen molar-refractivity contribution in [2.75, 3.05) is 5.32 Å². The van der Waals surface area contributed by atoms with Gasteiger partial charge in [0.2, 0.25) is 0 Å². The molecule has 0 unspecified atom stereocenters. The van der Waals surface area contributed by atoms with Crippen LogP contribution < -0.4 is 20.1 Å². The van der Waals surface area contributed by atoms with Crippen LogP contribution in [0.3, 0.4) is 0 Å². The largest absolute Gasteiger partial charge is 0.418 e. The molecular weight excluding hydrogens is 587 g/mol. The molecule has 4 aromatic rings. The van der Waals surface area contributed by atoms with E-state index in [9.17, 15) is 32.8 Å². The van der Waals surface area contributed by atoms with Crippen molar-refractivity contribution >= 4 is 52.0 Å². The maximum absolute atomic E-state index is 14.0. The van der Waals surface area contributed by atoms with Crippen molar-refractivity contribution in [2.45, 2.75) is 26.9 Å². The molecule has 0 saturated carbocycles. The molecule has 1 N–H and O–H groups in total. The fourth-order valence-electron chi connectivity index (χ4n) is 4.01. The Bertz CT molecular complexity index is 1910. The van der Waals surface area contributed by atoms with Crippen molar-refractivity contribution in [1.82, 2.24) is 4.57 Å². The summed E-state index contributed by atoms with van der Waals surface area (Å²) in [7, 11) is 0. The quantitative estimate of drug-likeness (QED) is 0.303. The van der Waals surface area contributed by atoms with E-state index >= 15 is 0 Å². The molecule has 0 aliphatic carbocycles. The Morgan fingerprint density at radius 3 is 2.29 bits per heavy atom. The predicted octanol–water partition coefficient (Wildman–Crippen LogP) is 5.94. The number of carbonyl (C=O) groups is 2. The number of Topliss-reactive ketones (excluding diaryl/α,β-unsaturated/α-hetero) is 1. The lowest BCUT2D eigenvalue weighted by atomic mass is 9.87. The van der Waals surface area contributed by atoms with Crippen LogP contribution in [0.5, 0.6) is 0 Å². The van der Waals surface area contributed by atoms with Gasteiger partial charge in [-0.05, 0) is 60.2 Å². The molecule has 4 rings (SSSR count). The smallest absolute Gasteiger partial charge is 0.322 e. The predicted molar refractivity (Wildman–Crippen MR) is 157 cm³/mol. The number of alkyl halides is 3. The van der Waals surface area contributed by atoms with Crippen LogP contribution in [-0.4, -0.2) is 16.3 Å². The van der Waals surface area contributed by atoms with Crippen molar-refractivity contribution in [3.8, 4) is 11.8 Å². The highest BCUT2D eigenvalue weighted by Crippen LogP contribution is 2.33. The molecule has 0 fully saturated rings. The number of nitriles is 1. The Kier molecular flexibility index (Phi) is 8.57. The number of benzene rings is 3. The fraction of sp³-hybridized carbons (Fsp3) is 0.161. The monoisotopic (exact) mass is 609 g/mol. The fourth-order valence-corrected chi connectivity index (χ4v) is 5.23. The van der Waals surface area contributed by atoms with Crippen LogP contribution in [0.4, 0.5) is 18.9 Å². The molecule has 0 saturated heterocycles. The topological polar surface area (TPSA) is 92.0 Å². The van der Waals surface area contributed by atoms with Crippen molar-refractivity contribution in [2.24, 2.45) is 5.41 Å². The highest BCUT2D eigenvalue weighted by atomic mass is 35.5. The van der Waals surface area contributed by atoms with Gasteiger partial charge in [0.05, 0.1) is 15.8 Å². The number of ketones is 1. The standard InChI is InChI=1S/C31H23ClF3N3O3S/c1-30(2,3)26(39)22(17-36)29-38(24-10-5-4-9-23(24)31(33,34)35)28(41)25(42-29)16-18-7-6-8-21(15-18)37-27(40)19-11-13-20(32)14-12-19/h4-16H,1-3H3,(H,37,40)/b25-16-,29-22-. The summed E-state index contributed by atoms with van der Waals surface area (Å²) in [5, 5.41) is 13.2. The maximum Gasteiger partial charge on any atom is 0.418 e. The van der Waals surface area contributed by atoms with Gasteiger partial charge in [-0.2, -0.15) is 18.4 Å². The first-order valence-electron chi connectivity index (χ1n) is 12.5. The number of nitrogens with one attached hydrogen (secondary N) is 1. The zero-order valence-corrected chi connectivity index (χ0v) is 24.1. The van der Waals surface area contributed by atoms with Gasteiger partial charge in [-0.3, -0.25) is 19.0 Å². The molecule has 0 spiro atoms. The van der Waals surface area contributed by atoms with E-state index in [4.69, 9.17) is 11.6 Å². The van der Waals surface area contributed by atoms with Gasteiger partial charge in [-0.1, -0.05) is 56.6 Å². The van der Waals surface area contributed by atoms with Crippen LogP contribution in [0.1, 0.15) is 42.3 Å². The minimum absolute atomic E-state index is 0.0161. The molecule has 1 amide bonds. The summed E-state index contributed by atoms with van der Waals surface area (Å²) in [6.45, 7) is 4.72. The van der Waals surface area contributed by atoms with Crippen molar-refractivity contribution < 1.29 is 22.8 Å². The lowest BCUT2D eigenvalue weighted by Crippen LogP contribution is -2.34. The maximum atomic E-state index is 14.0. The lowest BCUT2D eigenvalue weighted by Gasteiger charge is -2.16. The number of para-hydroxylation sites is 1. The molecule has 6 nitrogen and oxygen atoms in total. The highest BCUT2D eigenvalue weighted by molar-refractivity contribution is 7.07. The average molecular weight is 610 g/mol. The zero-order chi connectivity index (χ0) is 30.8. The van der Waals surface area contributed by atoms with Crippen molar-refractivity contribution in [3.05, 3.63) is 114 Å². The Hall–Kier alpha value is -4.46. The molecule has 0 aliphatic rings. The van der Waals surface area contributed by atoms with Gasteiger partial charge in [0.25, 0.3) is 11.5 Å². The van der Waals surface area contributed by atoms with Gasteiger partial charge in [-0.15, -0.1) is 11.3 Å². The second kappa shape index (κ2) is 11.8. The van der Waals surface area contributed by atoms with Crippen molar-refractivity contribution in [1.29, 1.82) is 5.26 Å². The SMILES string of the molecule is CC(C)(C)C(=O)/C(C#N)=c1\s/c(=C\c2cccc(NC(=O)c3ccc(Cl)cc3)c2)c(=O)n1-c1ccccc1C(F)(F)F. The van der Waals surface area contributed by atoms with E-state index in [0.29, 0.717) is 21.8 Å². The highest BCUT2D eigenvalue weighted by Gasteiger charge is 2.35. The molecule has 1 heterocycles. The van der Waals surface area contributed by atoms with Crippen LogP contribution >= 0.6 is 22.9 Å². The van der Waals surface area contributed by atoms with Gasteiger partial charge in [0.15, 0.2) is 5.78 Å². The third kappa shape index (κ3) is 6.54. The first kappa shape index (κ1) is 30.5. The molecule has 1 aromatic heterocycles. The van der Waals surface area contributed by atoms with E-state index in [1.165, 1.54) is 18.2 Å². The zero-order valence-electron chi connectivity index (χ0n) is 22.5. The van der Waals surface area contributed by atoms with E-state index in [1.54, 1.807) is 69.3 Å². The third-order valence-corrected chi connectivity index (χ3v) is 7.40. The number of anilines is 1. The number of rotatable bonds is 5. The van der Waals surface area contributed by atoms with E-state index in [-0.39, 0.29) is 9.20 Å². The number of hydrogen-bond acceptors (Lipinski definition) is 5. The second-order valence-corrected chi connectivity index (χ2v) is 11.7. The average Bonchev–Trinajstić information content (AvgIpc) is 3.23. The molecule has 0 atom stereocenters. The van der Waals surface area contributed by atoms with Crippen LogP contribution in [-0.2, 0) is 11.0 Å². The number of aromatic nitrogens is 1. The van der Waals surface area contributed by atoms with E-state index < -0.39 is 45.7 Å². The lowest BCUT2D eigenvalue weighted by molar-refractivity contribution is -0.137. The summed E-state index contributed by atoms with van der Waals surface area (Å²) < 4.78 is 42.5. The number of hydrogen-bond donors (Lipinski definition) is 1. The summed E-state index contributed by atoms with van der Waals surface area (Å²) in [6.07, 6.45) is -3.38. The molecular formula is C31H23ClF3N3O3S. The summed E-state index contributed by atoms with van der Waals surface area (Å²) in [4.78, 5) is 39.5. The van der Waals surface area contributed by atoms with E-state index in [2.05, 4.69) is 5.32 Å². The van der Waals surface area contributed by atoms with E-state index in [1.807, 2.05) is 6.07 Å². The van der Waals surface area contributed by atoms with Crippen molar-refractivity contribution in [3.63, 3.8) is 0 Å². The molecule has 11 heteroatoms. The molecule has 0 aliphatic heterocycles. The van der Waals surface area contributed by atoms with Gasteiger partial charge in [0.1, 0.15) is 16.3 Å². The minimum Gasteiger partial charge on any atom is -0.322 e. The van der Waals surface area contributed by atoms with Crippen LogP contribution in [0.2, 0.25) is 5.02 Å². The number of carbonyl (C=O) groups excluding carboxylic acids is 2. The first-order valence-corrected chi connectivity index (χ1v) is 13.7. The summed E-state index contributed by atoms with van der Waals surface area (Å²) in [5.74, 6) is -1.02. The van der Waals surface area contributed by atoms with Gasteiger partial charge in [0, 0.05) is 21.7 Å². The summed E-state index contributed by atoms with van der Waals surface area (Å²) in [5.41, 5.74) is -2.68. The van der Waals surface area contributed by atoms with Crippen LogP contribution in [0, 0.1) is 16.7 Å². The Balaban J connectivity index is 1.93. The third-order valence-electron chi connectivity index (χ3n) is 6.06.